The fourth-order valence-corrected chi connectivity index (χ4v) is 1.45. The summed E-state index contributed by atoms with van der Waals surface area (Å²) in [7, 11) is 0. The summed E-state index contributed by atoms with van der Waals surface area (Å²) in [5.41, 5.74) is 1.06. The van der Waals surface area contributed by atoms with Crippen LogP contribution in [-0.2, 0) is 6.54 Å². The lowest BCUT2D eigenvalue weighted by Gasteiger charge is -2.07. The monoisotopic (exact) mass is 288 g/mol. The van der Waals surface area contributed by atoms with E-state index in [1.54, 1.807) is 12.1 Å². The van der Waals surface area contributed by atoms with E-state index in [1.807, 2.05) is 30.3 Å². The van der Waals surface area contributed by atoms with Gasteiger partial charge in [0.05, 0.1) is 13.2 Å². The number of hydrogen-bond acceptors (Lipinski definition) is 7. The topological polar surface area (TPSA) is 100 Å². The Hall–Kier alpha value is -2.38. The summed E-state index contributed by atoms with van der Waals surface area (Å²) < 4.78 is 5.13. The van der Waals surface area contributed by atoms with Crippen molar-refractivity contribution in [2.24, 2.45) is 10.2 Å². The van der Waals surface area contributed by atoms with E-state index in [0.717, 1.165) is 5.56 Å². The summed E-state index contributed by atoms with van der Waals surface area (Å²) in [4.78, 5) is 0. The van der Waals surface area contributed by atoms with Crippen LogP contribution in [-0.4, -0.2) is 39.7 Å². The van der Waals surface area contributed by atoms with Crippen LogP contribution in [0.2, 0.25) is 0 Å². The molecular formula is C14H16N4O3. The van der Waals surface area contributed by atoms with Crippen LogP contribution in [0, 0.1) is 0 Å². The van der Waals surface area contributed by atoms with Gasteiger partial charge in [0.1, 0.15) is 12.7 Å². The number of azo groups is 1. The second-order valence-electron chi connectivity index (χ2n) is 4.26. The van der Waals surface area contributed by atoms with Gasteiger partial charge in [-0.25, -0.2) is 0 Å². The first kappa shape index (κ1) is 15.0. The predicted molar refractivity (Wildman–Crippen MR) is 75.3 cm³/mol. The van der Waals surface area contributed by atoms with E-state index in [9.17, 15) is 0 Å². The van der Waals surface area contributed by atoms with Crippen LogP contribution in [0.25, 0.3) is 0 Å². The highest BCUT2D eigenvalue weighted by atomic mass is 16.5. The van der Waals surface area contributed by atoms with Gasteiger partial charge in [-0.3, -0.25) is 0 Å². The first-order valence-corrected chi connectivity index (χ1v) is 6.45. The number of nitrogens with zero attached hydrogens (tertiary/aromatic N) is 4. The van der Waals surface area contributed by atoms with E-state index in [1.165, 1.54) is 0 Å². The van der Waals surface area contributed by atoms with E-state index in [0.29, 0.717) is 12.4 Å². The second-order valence-corrected chi connectivity index (χ2v) is 4.26. The van der Waals surface area contributed by atoms with E-state index in [4.69, 9.17) is 14.9 Å². The van der Waals surface area contributed by atoms with Gasteiger partial charge < -0.3 is 14.9 Å². The summed E-state index contributed by atoms with van der Waals surface area (Å²) in [5, 5.41) is 33.4. The van der Waals surface area contributed by atoms with Crippen molar-refractivity contribution in [1.82, 2.24) is 10.2 Å². The quantitative estimate of drug-likeness (QED) is 0.752. The van der Waals surface area contributed by atoms with Crippen molar-refractivity contribution in [2.75, 3.05) is 13.2 Å². The van der Waals surface area contributed by atoms with Crippen molar-refractivity contribution < 1.29 is 14.9 Å². The summed E-state index contributed by atoms with van der Waals surface area (Å²) in [6.45, 7) is 0.0721. The number of aliphatic hydroxyl groups excluding tert-OH is 2. The molecule has 0 radical (unpaired) electrons. The zero-order chi connectivity index (χ0) is 14.9. The van der Waals surface area contributed by atoms with Crippen LogP contribution in [0.4, 0.5) is 5.82 Å². The van der Waals surface area contributed by atoms with Crippen LogP contribution in [0.1, 0.15) is 5.56 Å². The summed E-state index contributed by atoms with van der Waals surface area (Å²) in [5.74, 6) is 0.630. The highest BCUT2D eigenvalue weighted by Crippen LogP contribution is 2.12. The number of aromatic nitrogens is 2. The second kappa shape index (κ2) is 8.03. The van der Waals surface area contributed by atoms with Crippen molar-refractivity contribution in [2.45, 2.75) is 12.6 Å². The van der Waals surface area contributed by atoms with Crippen molar-refractivity contribution in [3.63, 3.8) is 0 Å². The largest absolute Gasteiger partial charge is 0.474 e. The third-order valence-corrected chi connectivity index (χ3v) is 2.53. The summed E-state index contributed by atoms with van der Waals surface area (Å²) in [6.07, 6.45) is -0.933. The molecule has 1 heterocycles. The molecule has 0 saturated heterocycles. The van der Waals surface area contributed by atoms with Gasteiger partial charge in [-0.15, -0.1) is 15.3 Å². The van der Waals surface area contributed by atoms with Gasteiger partial charge in [-0.2, -0.15) is 5.11 Å². The molecule has 21 heavy (non-hydrogen) atoms. The highest BCUT2D eigenvalue weighted by molar-refractivity contribution is 5.26. The van der Waals surface area contributed by atoms with Crippen LogP contribution in [0.3, 0.4) is 0 Å². The Morgan fingerprint density at radius 3 is 2.57 bits per heavy atom. The molecule has 1 atom stereocenters. The minimum Gasteiger partial charge on any atom is -0.474 e. The Morgan fingerprint density at radius 2 is 1.90 bits per heavy atom. The van der Waals surface area contributed by atoms with Crippen LogP contribution < -0.4 is 4.74 Å². The normalized spacial score (nSPS) is 12.5. The zero-order valence-electron chi connectivity index (χ0n) is 11.3. The molecule has 0 aliphatic carbocycles. The van der Waals surface area contributed by atoms with Gasteiger partial charge in [0.25, 0.3) is 0 Å². The van der Waals surface area contributed by atoms with Crippen LogP contribution in [0.5, 0.6) is 5.88 Å². The summed E-state index contributed by atoms with van der Waals surface area (Å²) in [6, 6.07) is 13.0. The van der Waals surface area contributed by atoms with Crippen molar-refractivity contribution in [3.8, 4) is 5.88 Å². The van der Waals surface area contributed by atoms with Gasteiger partial charge in [0.2, 0.25) is 5.88 Å². The smallest absolute Gasteiger partial charge is 0.233 e. The number of ether oxygens (including phenoxy) is 1. The Morgan fingerprint density at radius 1 is 1.10 bits per heavy atom. The maximum atomic E-state index is 9.14. The van der Waals surface area contributed by atoms with Crippen molar-refractivity contribution in [1.29, 1.82) is 0 Å². The molecule has 0 amide bonds. The molecule has 1 aromatic heterocycles. The molecule has 0 spiro atoms. The maximum absolute atomic E-state index is 9.14. The fourth-order valence-electron chi connectivity index (χ4n) is 1.45. The molecule has 0 saturated carbocycles. The molecule has 2 rings (SSSR count). The van der Waals surface area contributed by atoms with Gasteiger partial charge in [0, 0.05) is 6.07 Å². The van der Waals surface area contributed by atoms with Crippen LogP contribution in [0.15, 0.2) is 52.7 Å². The average molecular weight is 288 g/mol. The minimum atomic E-state index is -0.933. The Balaban J connectivity index is 1.84. The van der Waals surface area contributed by atoms with Crippen molar-refractivity contribution >= 4 is 5.82 Å². The summed E-state index contributed by atoms with van der Waals surface area (Å²) >= 11 is 0. The Kier molecular flexibility index (Phi) is 5.74. The number of benzene rings is 1. The SMILES string of the molecule is OCC(O)COc1ccc(N=NCc2ccccc2)nn1. The molecule has 0 bridgehead atoms. The molecule has 110 valence electrons. The number of rotatable bonds is 7. The molecule has 0 aliphatic heterocycles. The van der Waals surface area contributed by atoms with Gasteiger partial charge in [-0.05, 0) is 11.6 Å². The Bertz CT molecular complexity index is 560. The standard InChI is InChI=1S/C14H16N4O3/c19-9-12(20)10-21-14-7-6-13(17-18-14)16-15-8-11-4-2-1-3-5-11/h1-7,12,19-20H,8-10H2. The molecule has 2 N–H and O–H groups in total. The van der Waals surface area contributed by atoms with Gasteiger partial charge in [0.15, 0.2) is 5.82 Å². The molecule has 1 unspecified atom stereocenters. The number of hydrogen-bond donors (Lipinski definition) is 2. The average Bonchev–Trinajstić information content (AvgIpc) is 2.55. The van der Waals surface area contributed by atoms with E-state index in [2.05, 4.69) is 20.4 Å². The Labute approximate surface area is 122 Å². The lowest BCUT2D eigenvalue weighted by atomic mass is 10.2. The molecule has 0 fully saturated rings. The molecule has 1 aromatic carbocycles. The molecule has 7 nitrogen and oxygen atoms in total. The molecule has 2 aromatic rings. The first-order chi connectivity index (χ1) is 10.3. The van der Waals surface area contributed by atoms with Gasteiger partial charge >= 0.3 is 0 Å². The third-order valence-electron chi connectivity index (χ3n) is 2.53. The lowest BCUT2D eigenvalue weighted by molar-refractivity contribution is 0.0518. The van der Waals surface area contributed by atoms with Crippen molar-refractivity contribution in [3.05, 3.63) is 48.0 Å². The minimum absolute atomic E-state index is 0.0416. The first-order valence-electron chi connectivity index (χ1n) is 6.45. The molecule has 7 heteroatoms. The third kappa shape index (κ3) is 5.25. The van der Waals surface area contributed by atoms with E-state index in [-0.39, 0.29) is 19.1 Å². The zero-order valence-corrected chi connectivity index (χ0v) is 11.3. The van der Waals surface area contributed by atoms with E-state index < -0.39 is 6.10 Å². The van der Waals surface area contributed by atoms with E-state index >= 15 is 0 Å². The fraction of sp³-hybridized carbons (Fsp3) is 0.286. The van der Waals surface area contributed by atoms with Crippen LogP contribution >= 0.6 is 0 Å². The lowest BCUT2D eigenvalue weighted by Crippen LogP contribution is -2.21. The predicted octanol–water partition coefficient (Wildman–Crippen LogP) is 1.49. The molecule has 0 aliphatic rings. The molecular weight excluding hydrogens is 272 g/mol. The highest BCUT2D eigenvalue weighted by Gasteiger charge is 2.04. The maximum Gasteiger partial charge on any atom is 0.233 e. The number of aliphatic hydroxyl groups is 2. The van der Waals surface area contributed by atoms with Gasteiger partial charge in [-0.1, -0.05) is 30.3 Å².